The minimum absolute atomic E-state index is 0.0733. The lowest BCUT2D eigenvalue weighted by Crippen LogP contribution is -2.48. The molecule has 1 aliphatic carbocycles. The molecule has 7 heteroatoms. The summed E-state index contributed by atoms with van der Waals surface area (Å²) in [6.07, 6.45) is 8.49. The molecular weight excluding hydrogens is 318 g/mol. The van der Waals surface area contributed by atoms with E-state index in [1.165, 1.54) is 25.7 Å². The van der Waals surface area contributed by atoms with E-state index in [4.69, 9.17) is 4.74 Å². The molecule has 2 amide bonds. The first kappa shape index (κ1) is 17.8. The maximum atomic E-state index is 12.4. The third-order valence-electron chi connectivity index (χ3n) is 5.43. The highest BCUT2D eigenvalue weighted by molar-refractivity contribution is 5.74. The van der Waals surface area contributed by atoms with E-state index < -0.39 is 0 Å². The number of hydrogen-bond acceptors (Lipinski definition) is 5. The largest absolute Gasteiger partial charge is 0.481 e. The van der Waals surface area contributed by atoms with Crippen molar-refractivity contribution >= 4 is 12.0 Å². The van der Waals surface area contributed by atoms with Crippen LogP contribution in [0.25, 0.3) is 0 Å². The third-order valence-corrected chi connectivity index (χ3v) is 5.43. The zero-order valence-corrected chi connectivity index (χ0v) is 15.3. The fraction of sp³-hybridized carbons (Fsp3) is 0.722. The van der Waals surface area contributed by atoms with Gasteiger partial charge in [0.25, 0.3) is 0 Å². The van der Waals surface area contributed by atoms with Gasteiger partial charge in [-0.25, -0.2) is 9.78 Å². The molecule has 2 heterocycles. The maximum Gasteiger partial charge on any atom is 0.317 e. The van der Waals surface area contributed by atoms with Gasteiger partial charge in [0, 0.05) is 37.9 Å². The molecule has 1 saturated heterocycles. The van der Waals surface area contributed by atoms with Crippen molar-refractivity contribution in [1.82, 2.24) is 20.2 Å². The van der Waals surface area contributed by atoms with E-state index in [1.54, 1.807) is 19.4 Å². The molecular formula is C18H29N5O2. The summed E-state index contributed by atoms with van der Waals surface area (Å²) >= 11 is 0. The van der Waals surface area contributed by atoms with E-state index in [-0.39, 0.29) is 12.1 Å². The van der Waals surface area contributed by atoms with Crippen molar-refractivity contribution in [2.75, 3.05) is 32.1 Å². The van der Waals surface area contributed by atoms with Crippen LogP contribution < -0.4 is 15.4 Å². The zero-order valence-electron chi connectivity index (χ0n) is 15.3. The summed E-state index contributed by atoms with van der Waals surface area (Å²) in [5.41, 5.74) is 0.291. The van der Waals surface area contributed by atoms with Crippen LogP contribution in [0.5, 0.6) is 5.88 Å². The zero-order chi connectivity index (χ0) is 17.7. The average molecular weight is 347 g/mol. The molecule has 1 saturated carbocycles. The van der Waals surface area contributed by atoms with E-state index in [2.05, 4.69) is 27.5 Å². The number of amides is 2. The number of hydrogen-bond donors (Lipinski definition) is 2. The fourth-order valence-corrected chi connectivity index (χ4v) is 3.74. The number of rotatable bonds is 5. The standard InChI is InChI=1S/C18H29N5O2/c1-18(8-3-4-9-18)13-20-17(24)23-11-6-14(7-12-23)21-16-19-10-5-15(22-16)25-2/h5,10,14H,3-4,6-9,11-13H2,1-2H3,(H,20,24)(H,19,21,22). The van der Waals surface area contributed by atoms with Gasteiger partial charge in [-0.05, 0) is 31.1 Å². The quantitative estimate of drug-likeness (QED) is 0.856. The Hall–Kier alpha value is -2.05. The average Bonchev–Trinajstić information content (AvgIpc) is 3.07. The summed E-state index contributed by atoms with van der Waals surface area (Å²) in [4.78, 5) is 22.8. The van der Waals surface area contributed by atoms with Crippen molar-refractivity contribution in [1.29, 1.82) is 0 Å². The summed E-state index contributed by atoms with van der Waals surface area (Å²) < 4.78 is 5.12. The lowest BCUT2D eigenvalue weighted by atomic mass is 9.89. The molecule has 7 nitrogen and oxygen atoms in total. The van der Waals surface area contributed by atoms with Gasteiger partial charge in [-0.2, -0.15) is 4.98 Å². The Morgan fingerprint density at radius 1 is 1.36 bits per heavy atom. The molecule has 2 aliphatic rings. The summed E-state index contributed by atoms with van der Waals surface area (Å²) in [7, 11) is 1.59. The monoisotopic (exact) mass is 347 g/mol. The van der Waals surface area contributed by atoms with Crippen molar-refractivity contribution in [2.24, 2.45) is 5.41 Å². The number of urea groups is 1. The number of ether oxygens (including phenoxy) is 1. The molecule has 1 aliphatic heterocycles. The van der Waals surface area contributed by atoms with E-state index in [1.807, 2.05) is 4.90 Å². The molecule has 2 N–H and O–H groups in total. The molecule has 1 aromatic rings. The van der Waals surface area contributed by atoms with Gasteiger partial charge in [-0.15, -0.1) is 0 Å². The second kappa shape index (κ2) is 7.89. The Bertz CT molecular complexity index is 581. The van der Waals surface area contributed by atoms with Gasteiger partial charge in [0.15, 0.2) is 0 Å². The van der Waals surface area contributed by atoms with Crippen LogP contribution in [0.2, 0.25) is 0 Å². The molecule has 0 atom stereocenters. The van der Waals surface area contributed by atoms with Crippen LogP contribution in [-0.4, -0.2) is 53.7 Å². The number of aromatic nitrogens is 2. The minimum atomic E-state index is 0.0733. The lowest BCUT2D eigenvalue weighted by Gasteiger charge is -2.33. The summed E-state index contributed by atoms with van der Waals surface area (Å²) in [5, 5.41) is 6.48. The van der Waals surface area contributed by atoms with Crippen LogP contribution in [0.15, 0.2) is 12.3 Å². The number of anilines is 1. The second-order valence-corrected chi connectivity index (χ2v) is 7.50. The van der Waals surface area contributed by atoms with E-state index in [0.29, 0.717) is 17.2 Å². The van der Waals surface area contributed by atoms with Crippen LogP contribution in [0, 0.1) is 5.41 Å². The first-order chi connectivity index (χ1) is 12.1. The van der Waals surface area contributed by atoms with Gasteiger partial charge in [0.1, 0.15) is 0 Å². The maximum absolute atomic E-state index is 12.4. The Labute approximate surface area is 149 Å². The van der Waals surface area contributed by atoms with E-state index in [9.17, 15) is 4.79 Å². The number of methoxy groups -OCH3 is 1. The third kappa shape index (κ3) is 4.74. The van der Waals surface area contributed by atoms with Crippen LogP contribution in [0.4, 0.5) is 10.7 Å². The molecule has 0 spiro atoms. The van der Waals surface area contributed by atoms with E-state index >= 15 is 0 Å². The molecule has 25 heavy (non-hydrogen) atoms. The summed E-state index contributed by atoms with van der Waals surface area (Å²) in [6, 6.07) is 2.08. The number of carbonyl (C=O) groups excluding carboxylic acids is 1. The molecule has 2 fully saturated rings. The Morgan fingerprint density at radius 3 is 2.76 bits per heavy atom. The summed E-state index contributed by atoms with van der Waals surface area (Å²) in [6.45, 7) is 4.58. The number of likely N-dealkylation sites (tertiary alicyclic amines) is 1. The van der Waals surface area contributed by atoms with Gasteiger partial charge in [0.2, 0.25) is 11.8 Å². The van der Waals surface area contributed by atoms with Crippen molar-refractivity contribution < 1.29 is 9.53 Å². The smallest absolute Gasteiger partial charge is 0.317 e. The molecule has 0 radical (unpaired) electrons. The molecule has 0 aromatic carbocycles. The Balaban J connectivity index is 1.42. The summed E-state index contributed by atoms with van der Waals surface area (Å²) in [5.74, 6) is 1.13. The highest BCUT2D eigenvalue weighted by atomic mass is 16.5. The van der Waals surface area contributed by atoms with Gasteiger partial charge in [-0.1, -0.05) is 19.8 Å². The predicted molar refractivity (Wildman–Crippen MR) is 96.8 cm³/mol. The van der Waals surface area contributed by atoms with Crippen LogP contribution in [0.1, 0.15) is 45.4 Å². The second-order valence-electron chi connectivity index (χ2n) is 7.50. The molecule has 0 bridgehead atoms. The van der Waals surface area contributed by atoms with Gasteiger partial charge in [0.05, 0.1) is 7.11 Å². The van der Waals surface area contributed by atoms with Crippen molar-refractivity contribution in [3.8, 4) is 5.88 Å². The van der Waals surface area contributed by atoms with Crippen LogP contribution in [0.3, 0.4) is 0 Å². The fourth-order valence-electron chi connectivity index (χ4n) is 3.74. The molecule has 138 valence electrons. The highest BCUT2D eigenvalue weighted by Crippen LogP contribution is 2.36. The van der Waals surface area contributed by atoms with Gasteiger partial charge < -0.3 is 20.3 Å². The first-order valence-electron chi connectivity index (χ1n) is 9.24. The van der Waals surface area contributed by atoms with E-state index in [0.717, 1.165) is 32.5 Å². The Morgan fingerprint density at radius 2 is 2.08 bits per heavy atom. The topological polar surface area (TPSA) is 79.4 Å². The van der Waals surface area contributed by atoms with Crippen molar-refractivity contribution in [3.05, 3.63) is 12.3 Å². The number of nitrogens with one attached hydrogen (secondary N) is 2. The molecule has 0 unspecified atom stereocenters. The molecule has 3 rings (SSSR count). The lowest BCUT2D eigenvalue weighted by molar-refractivity contribution is 0.177. The van der Waals surface area contributed by atoms with Crippen molar-refractivity contribution in [2.45, 2.75) is 51.5 Å². The number of nitrogens with zero attached hydrogens (tertiary/aromatic N) is 3. The van der Waals surface area contributed by atoms with Crippen LogP contribution in [-0.2, 0) is 0 Å². The number of carbonyl (C=O) groups is 1. The molecule has 1 aromatic heterocycles. The highest BCUT2D eigenvalue weighted by Gasteiger charge is 2.30. The normalized spacial score (nSPS) is 20.3. The van der Waals surface area contributed by atoms with Gasteiger partial charge in [-0.3, -0.25) is 0 Å². The number of piperidine rings is 1. The first-order valence-corrected chi connectivity index (χ1v) is 9.24. The minimum Gasteiger partial charge on any atom is -0.481 e. The SMILES string of the molecule is COc1ccnc(NC2CCN(C(=O)NCC3(C)CCCC3)CC2)n1. The predicted octanol–water partition coefficient (Wildman–Crippen LogP) is 2.65. The van der Waals surface area contributed by atoms with Crippen molar-refractivity contribution in [3.63, 3.8) is 0 Å². The Kier molecular flexibility index (Phi) is 5.60. The van der Waals surface area contributed by atoms with Crippen LogP contribution >= 0.6 is 0 Å². The van der Waals surface area contributed by atoms with Gasteiger partial charge >= 0.3 is 6.03 Å².